The number of nitrogens with zero attached hydrogens (tertiary/aromatic N) is 1. The zero-order valence-electron chi connectivity index (χ0n) is 18.8. The molecule has 3 aromatic rings. The van der Waals surface area contributed by atoms with Gasteiger partial charge in [0.1, 0.15) is 16.5 Å². The molecule has 172 valence electrons. The molecule has 0 bridgehead atoms. The summed E-state index contributed by atoms with van der Waals surface area (Å²) in [6, 6.07) is 19.1. The molecule has 0 aliphatic carbocycles. The van der Waals surface area contributed by atoms with E-state index < -0.39 is 11.8 Å². The maximum absolute atomic E-state index is 13.1. The van der Waals surface area contributed by atoms with Crippen molar-refractivity contribution in [3.05, 3.63) is 94.1 Å². The molecular weight excluding hydrogens is 454 g/mol. The lowest BCUT2D eigenvalue weighted by Crippen LogP contribution is -2.32. The topological polar surface area (TPSA) is 87.7 Å². The van der Waals surface area contributed by atoms with Gasteiger partial charge in [-0.15, -0.1) is 0 Å². The minimum Gasteiger partial charge on any atom is -0.495 e. The van der Waals surface area contributed by atoms with Crippen LogP contribution >= 0.6 is 11.6 Å². The van der Waals surface area contributed by atoms with Crippen LogP contribution in [0, 0.1) is 13.8 Å². The van der Waals surface area contributed by atoms with E-state index in [1.54, 1.807) is 48.5 Å². The molecule has 0 atom stereocenters. The third-order valence-corrected chi connectivity index (χ3v) is 5.74. The third-order valence-electron chi connectivity index (χ3n) is 5.39. The van der Waals surface area contributed by atoms with E-state index in [1.807, 2.05) is 32.0 Å². The molecule has 0 radical (unpaired) electrons. The number of anilines is 3. The Kier molecular flexibility index (Phi) is 6.38. The predicted molar refractivity (Wildman–Crippen MR) is 132 cm³/mol. The molecule has 0 aromatic heterocycles. The number of para-hydroxylation sites is 2. The molecular formula is C26H22ClN3O4. The Morgan fingerprint density at radius 2 is 1.71 bits per heavy atom. The molecule has 34 heavy (non-hydrogen) atoms. The van der Waals surface area contributed by atoms with Crippen LogP contribution in [0.25, 0.3) is 0 Å². The molecule has 0 saturated carbocycles. The first kappa shape index (κ1) is 23.1. The SMILES string of the molecule is COc1ccccc1N1C(=O)C(Cl)=C(Nc2cccc(C(=O)Nc3cc(C)ccc3C)c2)C1=O. The zero-order chi connectivity index (χ0) is 24.4. The summed E-state index contributed by atoms with van der Waals surface area (Å²) in [5.74, 6) is -1.23. The molecule has 0 spiro atoms. The van der Waals surface area contributed by atoms with Crippen molar-refractivity contribution >= 4 is 46.4 Å². The summed E-state index contributed by atoms with van der Waals surface area (Å²) in [6.45, 7) is 3.86. The van der Waals surface area contributed by atoms with E-state index in [-0.39, 0.29) is 22.3 Å². The second-order valence-electron chi connectivity index (χ2n) is 7.78. The van der Waals surface area contributed by atoms with Gasteiger partial charge in [0, 0.05) is 16.9 Å². The van der Waals surface area contributed by atoms with Crippen molar-refractivity contribution in [3.8, 4) is 5.75 Å². The van der Waals surface area contributed by atoms with Crippen molar-refractivity contribution in [2.45, 2.75) is 13.8 Å². The Morgan fingerprint density at radius 1 is 0.941 bits per heavy atom. The third kappa shape index (κ3) is 4.38. The normalized spacial score (nSPS) is 13.4. The van der Waals surface area contributed by atoms with E-state index in [0.29, 0.717) is 17.0 Å². The van der Waals surface area contributed by atoms with Crippen LogP contribution in [0.15, 0.2) is 77.5 Å². The number of amides is 3. The molecule has 7 nitrogen and oxygen atoms in total. The minimum absolute atomic E-state index is 0.0790. The highest BCUT2D eigenvalue weighted by Crippen LogP contribution is 2.35. The van der Waals surface area contributed by atoms with Gasteiger partial charge < -0.3 is 15.4 Å². The number of carbonyl (C=O) groups is 3. The van der Waals surface area contributed by atoms with Crippen molar-refractivity contribution in [2.24, 2.45) is 0 Å². The lowest BCUT2D eigenvalue weighted by atomic mass is 10.1. The molecule has 8 heteroatoms. The van der Waals surface area contributed by atoms with Gasteiger partial charge in [0.15, 0.2) is 0 Å². The Balaban J connectivity index is 1.57. The summed E-state index contributed by atoms with van der Waals surface area (Å²) in [6.07, 6.45) is 0. The summed E-state index contributed by atoms with van der Waals surface area (Å²) < 4.78 is 5.28. The fourth-order valence-electron chi connectivity index (χ4n) is 3.59. The molecule has 1 aliphatic heterocycles. The van der Waals surface area contributed by atoms with Crippen LogP contribution in [0.1, 0.15) is 21.5 Å². The van der Waals surface area contributed by atoms with E-state index in [9.17, 15) is 14.4 Å². The molecule has 4 rings (SSSR count). The van der Waals surface area contributed by atoms with Crippen LogP contribution in [0.5, 0.6) is 5.75 Å². The molecule has 1 aliphatic rings. The van der Waals surface area contributed by atoms with Gasteiger partial charge in [0.05, 0.1) is 12.8 Å². The smallest absolute Gasteiger partial charge is 0.283 e. The van der Waals surface area contributed by atoms with Gasteiger partial charge in [-0.25, -0.2) is 4.90 Å². The zero-order valence-corrected chi connectivity index (χ0v) is 19.6. The summed E-state index contributed by atoms with van der Waals surface area (Å²) in [7, 11) is 1.45. The summed E-state index contributed by atoms with van der Waals surface area (Å²) in [5, 5.41) is 5.56. The number of aryl methyl sites for hydroxylation is 2. The highest BCUT2D eigenvalue weighted by molar-refractivity contribution is 6.53. The average molecular weight is 476 g/mol. The number of hydrogen-bond donors (Lipinski definition) is 2. The van der Waals surface area contributed by atoms with Crippen LogP contribution in [-0.2, 0) is 9.59 Å². The average Bonchev–Trinajstić information content (AvgIpc) is 3.04. The van der Waals surface area contributed by atoms with E-state index in [4.69, 9.17) is 16.3 Å². The fraction of sp³-hybridized carbons (Fsp3) is 0.115. The number of benzene rings is 3. The van der Waals surface area contributed by atoms with E-state index in [0.717, 1.165) is 21.7 Å². The Bertz CT molecular complexity index is 1350. The van der Waals surface area contributed by atoms with Crippen molar-refractivity contribution in [2.75, 3.05) is 22.6 Å². The van der Waals surface area contributed by atoms with Crippen molar-refractivity contribution in [1.29, 1.82) is 0 Å². The van der Waals surface area contributed by atoms with Crippen molar-refractivity contribution in [1.82, 2.24) is 0 Å². The number of ether oxygens (including phenoxy) is 1. The predicted octanol–water partition coefficient (Wildman–Crippen LogP) is 5.00. The number of hydrogen-bond acceptors (Lipinski definition) is 5. The van der Waals surface area contributed by atoms with Gasteiger partial charge in [-0.05, 0) is 61.4 Å². The highest BCUT2D eigenvalue weighted by atomic mass is 35.5. The molecule has 2 N–H and O–H groups in total. The first-order valence-electron chi connectivity index (χ1n) is 10.5. The number of imide groups is 1. The summed E-state index contributed by atoms with van der Waals surface area (Å²) >= 11 is 6.24. The Morgan fingerprint density at radius 3 is 2.47 bits per heavy atom. The van der Waals surface area contributed by atoms with Gasteiger partial charge in [-0.1, -0.05) is 41.9 Å². The molecule has 0 saturated heterocycles. The second-order valence-corrected chi connectivity index (χ2v) is 8.16. The van der Waals surface area contributed by atoms with Gasteiger partial charge >= 0.3 is 0 Å². The standard InChI is InChI=1S/C26H22ClN3O4/c1-15-11-12-16(2)19(13-15)29-24(31)17-7-6-8-18(14-17)28-23-22(27)25(32)30(26(23)33)20-9-4-5-10-21(20)34-3/h4-14,28H,1-3H3,(H,29,31). The van der Waals surface area contributed by atoms with E-state index in [1.165, 1.54) is 7.11 Å². The van der Waals surface area contributed by atoms with Crippen molar-refractivity contribution < 1.29 is 19.1 Å². The number of methoxy groups -OCH3 is 1. The molecule has 3 amide bonds. The Labute approximate surface area is 202 Å². The molecule has 1 heterocycles. The Hall–Kier alpha value is -4.10. The molecule has 0 unspecified atom stereocenters. The summed E-state index contributed by atoms with van der Waals surface area (Å²) in [5.41, 5.74) is 3.71. The van der Waals surface area contributed by atoms with Crippen LogP contribution < -0.4 is 20.3 Å². The maximum atomic E-state index is 13.1. The van der Waals surface area contributed by atoms with Gasteiger partial charge in [0.2, 0.25) is 0 Å². The lowest BCUT2D eigenvalue weighted by molar-refractivity contribution is -0.120. The van der Waals surface area contributed by atoms with Gasteiger partial charge in [0.25, 0.3) is 17.7 Å². The monoisotopic (exact) mass is 475 g/mol. The van der Waals surface area contributed by atoms with Crippen LogP contribution in [0.3, 0.4) is 0 Å². The summed E-state index contributed by atoms with van der Waals surface area (Å²) in [4.78, 5) is 39.7. The van der Waals surface area contributed by atoms with Gasteiger partial charge in [-0.3, -0.25) is 14.4 Å². The first-order valence-corrected chi connectivity index (χ1v) is 10.8. The molecule has 3 aromatic carbocycles. The van der Waals surface area contributed by atoms with E-state index >= 15 is 0 Å². The largest absolute Gasteiger partial charge is 0.495 e. The first-order chi connectivity index (χ1) is 16.3. The molecule has 0 fully saturated rings. The maximum Gasteiger partial charge on any atom is 0.283 e. The van der Waals surface area contributed by atoms with Crippen LogP contribution in [0.4, 0.5) is 17.1 Å². The number of carbonyl (C=O) groups excluding carboxylic acids is 3. The van der Waals surface area contributed by atoms with Crippen LogP contribution in [0.2, 0.25) is 0 Å². The number of rotatable bonds is 6. The highest BCUT2D eigenvalue weighted by Gasteiger charge is 2.40. The quantitative estimate of drug-likeness (QED) is 0.490. The second kappa shape index (κ2) is 9.41. The van der Waals surface area contributed by atoms with Crippen molar-refractivity contribution in [3.63, 3.8) is 0 Å². The fourth-order valence-corrected chi connectivity index (χ4v) is 3.80. The van der Waals surface area contributed by atoms with E-state index in [2.05, 4.69) is 10.6 Å². The lowest BCUT2D eigenvalue weighted by Gasteiger charge is -2.18. The number of nitrogens with one attached hydrogen (secondary N) is 2. The minimum atomic E-state index is -0.664. The number of halogens is 1. The van der Waals surface area contributed by atoms with Gasteiger partial charge in [-0.2, -0.15) is 0 Å². The van der Waals surface area contributed by atoms with Crippen LogP contribution in [-0.4, -0.2) is 24.8 Å².